The number of hydrogen-bond donors (Lipinski definition) is 0. The van der Waals surface area contributed by atoms with Gasteiger partial charge in [0.2, 0.25) is 0 Å². The zero-order chi connectivity index (χ0) is 26.1. The lowest BCUT2D eigenvalue weighted by Crippen LogP contribution is -1.97. The number of benzene rings is 3. The quantitative estimate of drug-likeness (QED) is 0.248. The van der Waals surface area contributed by atoms with Gasteiger partial charge in [0.25, 0.3) is 0 Å². The molecule has 37 heavy (non-hydrogen) atoms. The molecule has 3 aromatic carbocycles. The summed E-state index contributed by atoms with van der Waals surface area (Å²) >= 11 is 0. The Morgan fingerprint density at radius 3 is 2.41 bits per heavy atom. The van der Waals surface area contributed by atoms with Gasteiger partial charge in [0.05, 0.1) is 5.52 Å². The van der Waals surface area contributed by atoms with Gasteiger partial charge in [0.1, 0.15) is 11.5 Å². The maximum atomic E-state index is 6.40. The summed E-state index contributed by atoms with van der Waals surface area (Å²) in [5.74, 6) is 2.14. The molecule has 2 heteroatoms. The lowest BCUT2D eigenvalue weighted by Gasteiger charge is -2.14. The number of aryl methyl sites for hydroxylation is 2. The number of allylic oxidation sites excluding steroid dienone is 5. The van der Waals surface area contributed by atoms with Crippen LogP contribution in [0, 0.1) is 6.92 Å². The van der Waals surface area contributed by atoms with Crippen molar-refractivity contribution in [1.82, 2.24) is 4.57 Å². The van der Waals surface area contributed by atoms with Crippen LogP contribution < -0.4 is 4.74 Å². The fourth-order valence-electron chi connectivity index (χ4n) is 5.18. The smallest absolute Gasteiger partial charge is 0.136 e. The maximum Gasteiger partial charge on any atom is 0.136 e. The number of nitrogens with zero attached hydrogens (tertiary/aromatic N) is 1. The molecule has 1 aliphatic heterocycles. The third kappa shape index (κ3) is 4.49. The standard InChI is InChI=1S/C35H35NO/c1-7-12-34-25(9-3)15-18-28-20-31-30-19-27(17-16-26-14-11-10-13-24(26)5)29(23(4)8-2)21-32(30)36(6)33(31)22-35(28)37-34/h7,9-23H,3,8H2,1-2,4-6H3/b12-7-,17-16-. The van der Waals surface area contributed by atoms with Crippen LogP contribution in [0.15, 0.2) is 90.7 Å². The zero-order valence-electron chi connectivity index (χ0n) is 22.5. The molecule has 0 saturated heterocycles. The van der Waals surface area contributed by atoms with Gasteiger partial charge in [0, 0.05) is 40.5 Å². The number of ether oxygens (including phenoxy) is 1. The van der Waals surface area contributed by atoms with Gasteiger partial charge in [-0.2, -0.15) is 0 Å². The molecule has 2 heterocycles. The van der Waals surface area contributed by atoms with Crippen LogP contribution in [0.1, 0.15) is 60.9 Å². The van der Waals surface area contributed by atoms with Gasteiger partial charge in [-0.3, -0.25) is 0 Å². The predicted molar refractivity (Wildman–Crippen MR) is 161 cm³/mol. The van der Waals surface area contributed by atoms with Crippen molar-refractivity contribution in [2.45, 2.75) is 40.0 Å². The molecule has 0 radical (unpaired) electrons. The van der Waals surface area contributed by atoms with Crippen molar-refractivity contribution in [2.75, 3.05) is 0 Å². The highest BCUT2D eigenvalue weighted by atomic mass is 16.5. The van der Waals surface area contributed by atoms with Gasteiger partial charge in [0.15, 0.2) is 0 Å². The van der Waals surface area contributed by atoms with Gasteiger partial charge in [-0.15, -0.1) is 0 Å². The minimum atomic E-state index is 0.466. The van der Waals surface area contributed by atoms with Crippen molar-refractivity contribution in [2.24, 2.45) is 7.05 Å². The summed E-state index contributed by atoms with van der Waals surface area (Å²) in [5.41, 5.74) is 9.67. The molecule has 186 valence electrons. The third-order valence-corrected chi connectivity index (χ3v) is 7.60. The Kier molecular flexibility index (Phi) is 6.76. The van der Waals surface area contributed by atoms with Crippen molar-refractivity contribution in [3.63, 3.8) is 0 Å². The van der Waals surface area contributed by atoms with E-state index in [-0.39, 0.29) is 0 Å². The molecule has 2 nitrogen and oxygen atoms in total. The molecule has 4 aromatic rings. The van der Waals surface area contributed by atoms with Crippen LogP contribution in [0.4, 0.5) is 0 Å². The number of rotatable bonds is 6. The summed E-state index contributed by atoms with van der Waals surface area (Å²) in [7, 11) is 2.16. The first kappa shape index (κ1) is 24.6. The van der Waals surface area contributed by atoms with E-state index in [1.165, 1.54) is 44.1 Å². The minimum Gasteiger partial charge on any atom is -0.456 e. The van der Waals surface area contributed by atoms with E-state index in [1.54, 1.807) is 0 Å². The molecule has 5 rings (SSSR count). The fraction of sp³-hybridized carbons (Fsp3) is 0.200. The van der Waals surface area contributed by atoms with Gasteiger partial charge >= 0.3 is 0 Å². The van der Waals surface area contributed by atoms with Gasteiger partial charge in [-0.25, -0.2) is 0 Å². The van der Waals surface area contributed by atoms with E-state index < -0.39 is 0 Å². The summed E-state index contributed by atoms with van der Waals surface area (Å²) < 4.78 is 8.70. The molecule has 1 atom stereocenters. The van der Waals surface area contributed by atoms with Crippen LogP contribution in [0.2, 0.25) is 0 Å². The lowest BCUT2D eigenvalue weighted by atomic mass is 9.91. The van der Waals surface area contributed by atoms with Gasteiger partial charge < -0.3 is 9.30 Å². The first-order chi connectivity index (χ1) is 17.9. The van der Waals surface area contributed by atoms with Crippen molar-refractivity contribution in [1.29, 1.82) is 0 Å². The summed E-state index contributed by atoms with van der Waals surface area (Å²) in [6.45, 7) is 12.7. The third-order valence-electron chi connectivity index (χ3n) is 7.60. The largest absolute Gasteiger partial charge is 0.456 e. The van der Waals surface area contributed by atoms with E-state index in [0.717, 1.165) is 29.1 Å². The Hall–Kier alpha value is -4.04. The molecular weight excluding hydrogens is 450 g/mol. The summed E-state index contributed by atoms with van der Waals surface area (Å²) in [5, 5.41) is 2.50. The lowest BCUT2D eigenvalue weighted by molar-refractivity contribution is 0.442. The predicted octanol–water partition coefficient (Wildman–Crippen LogP) is 9.75. The molecule has 0 spiro atoms. The Balaban J connectivity index is 1.71. The topological polar surface area (TPSA) is 14.2 Å². The highest BCUT2D eigenvalue weighted by Crippen LogP contribution is 2.39. The summed E-state index contributed by atoms with van der Waals surface area (Å²) in [4.78, 5) is 0. The Morgan fingerprint density at radius 2 is 1.68 bits per heavy atom. The molecular formula is C35H35NO. The van der Waals surface area contributed by atoms with Crippen LogP contribution in [-0.2, 0) is 7.05 Å². The SMILES string of the molecule is C=CC1=C(/C=C\C)Oc2cc3c(cc2C=C1)c1cc(/C=C\c2ccccc2C)c(C(C)CC)cc1n3C. The monoisotopic (exact) mass is 485 g/mol. The van der Waals surface area contributed by atoms with Crippen LogP contribution in [-0.4, -0.2) is 4.57 Å². The van der Waals surface area contributed by atoms with E-state index >= 15 is 0 Å². The van der Waals surface area contributed by atoms with Crippen molar-refractivity contribution < 1.29 is 4.74 Å². The molecule has 0 N–H and O–H groups in total. The Labute approximate surface area is 220 Å². The van der Waals surface area contributed by atoms with Crippen molar-refractivity contribution >= 4 is 40.0 Å². The van der Waals surface area contributed by atoms with E-state index in [9.17, 15) is 0 Å². The normalized spacial score (nSPS) is 14.5. The second-order valence-corrected chi connectivity index (χ2v) is 9.92. The molecule has 0 aliphatic carbocycles. The highest BCUT2D eigenvalue weighted by molar-refractivity contribution is 6.10. The summed E-state index contributed by atoms with van der Waals surface area (Å²) in [6, 6.07) is 17.8. The van der Waals surface area contributed by atoms with Crippen molar-refractivity contribution in [3.05, 3.63) is 119 Å². The summed E-state index contributed by atoms with van der Waals surface area (Å²) in [6.07, 6.45) is 15.7. The second-order valence-electron chi connectivity index (χ2n) is 9.92. The molecule has 1 aliphatic rings. The number of hydrogen-bond acceptors (Lipinski definition) is 1. The van der Waals surface area contributed by atoms with E-state index in [1.807, 2.05) is 25.2 Å². The number of aromatic nitrogens is 1. The molecule has 0 fully saturated rings. The molecule has 0 amide bonds. The van der Waals surface area contributed by atoms with E-state index in [0.29, 0.717) is 5.92 Å². The maximum absolute atomic E-state index is 6.40. The fourth-order valence-corrected chi connectivity index (χ4v) is 5.18. The van der Waals surface area contributed by atoms with Crippen molar-refractivity contribution in [3.8, 4) is 5.75 Å². The van der Waals surface area contributed by atoms with Gasteiger partial charge in [-0.1, -0.05) is 81.1 Å². The average Bonchev–Trinajstić information content (AvgIpc) is 3.05. The molecule has 1 aromatic heterocycles. The zero-order valence-corrected chi connectivity index (χ0v) is 22.5. The molecule has 0 saturated carbocycles. The first-order valence-corrected chi connectivity index (χ1v) is 13.1. The average molecular weight is 486 g/mol. The first-order valence-electron chi connectivity index (χ1n) is 13.1. The van der Waals surface area contributed by atoms with Crippen LogP contribution in [0.5, 0.6) is 5.75 Å². The van der Waals surface area contributed by atoms with Crippen LogP contribution >= 0.6 is 0 Å². The Bertz CT molecular complexity index is 1640. The van der Waals surface area contributed by atoms with E-state index in [2.05, 4.69) is 112 Å². The van der Waals surface area contributed by atoms with Gasteiger partial charge in [-0.05, 0) is 72.7 Å². The molecule has 0 bridgehead atoms. The second kappa shape index (κ2) is 10.1. The molecule has 1 unspecified atom stereocenters. The Morgan fingerprint density at radius 1 is 0.946 bits per heavy atom. The highest BCUT2D eigenvalue weighted by Gasteiger charge is 2.18. The van der Waals surface area contributed by atoms with E-state index in [4.69, 9.17) is 4.74 Å². The number of fused-ring (bicyclic) bond motifs is 4. The van der Waals surface area contributed by atoms with Crippen LogP contribution in [0.25, 0.3) is 40.0 Å². The minimum absolute atomic E-state index is 0.466. The van der Waals surface area contributed by atoms with Crippen LogP contribution in [0.3, 0.4) is 0 Å².